The van der Waals surface area contributed by atoms with Crippen molar-refractivity contribution in [2.45, 2.75) is 47.5 Å². The van der Waals surface area contributed by atoms with E-state index in [4.69, 9.17) is 0 Å². The molecule has 2 aliphatic carbocycles. The van der Waals surface area contributed by atoms with Crippen LogP contribution in [0.25, 0.3) is 17.2 Å². The zero-order chi connectivity index (χ0) is 21.2. The van der Waals surface area contributed by atoms with Gasteiger partial charge in [0.1, 0.15) is 0 Å². The third-order valence-electron chi connectivity index (χ3n) is 7.81. The van der Waals surface area contributed by atoms with Crippen molar-refractivity contribution in [1.29, 1.82) is 0 Å². The van der Waals surface area contributed by atoms with Gasteiger partial charge in [0.15, 0.2) is 0 Å². The zero-order valence-corrected chi connectivity index (χ0v) is 27.2. The van der Waals surface area contributed by atoms with Gasteiger partial charge in [-0.05, 0) is 0 Å². The van der Waals surface area contributed by atoms with Crippen molar-refractivity contribution in [3.63, 3.8) is 0 Å². The van der Waals surface area contributed by atoms with Gasteiger partial charge in [-0.3, -0.25) is 0 Å². The van der Waals surface area contributed by atoms with Crippen LogP contribution in [0, 0.1) is 5.92 Å². The Hall–Kier alpha value is -0.280. The normalized spacial score (nSPS) is 20.8. The standard InChI is InChI=1S/C16H13.C9H13.2CH3.2BrH.H2Si.Zr/c1-12-10-14-8-5-9-15(16(14)11-12)13-6-3-2-4-7-13;1-6-5-7(2)9(4)8(6)3;;;;;;/h2-11H,1H3;6H,1-4H3;2*1H3;2*1H;1H2;. The second kappa shape index (κ2) is 9.16. The van der Waals surface area contributed by atoms with Crippen LogP contribution in [0.3, 0.4) is 0 Å². The van der Waals surface area contributed by atoms with Gasteiger partial charge in [-0.25, -0.2) is 0 Å². The fourth-order valence-electron chi connectivity index (χ4n) is 6.50. The number of hydrogen-bond donors (Lipinski definition) is 0. The summed E-state index contributed by atoms with van der Waals surface area (Å²) >= 11 is -3.29. The Kier molecular flexibility index (Phi) is 7.97. The van der Waals surface area contributed by atoms with Crippen LogP contribution >= 0.6 is 34.0 Å². The predicted octanol–water partition coefficient (Wildman–Crippen LogP) is 8.56. The topological polar surface area (TPSA) is 0 Å². The van der Waals surface area contributed by atoms with Gasteiger partial charge in [-0.1, -0.05) is 0 Å². The van der Waals surface area contributed by atoms with Crippen LogP contribution in [0.5, 0.6) is 0 Å². The average molecular weight is 640 g/mol. The first kappa shape index (κ1) is 27.0. The van der Waals surface area contributed by atoms with Gasteiger partial charge in [0.05, 0.1) is 0 Å². The molecule has 2 aliphatic rings. The molecule has 0 saturated carbocycles. The Balaban J connectivity index is 0.00000171. The molecule has 0 radical (unpaired) electrons. The summed E-state index contributed by atoms with van der Waals surface area (Å²) in [4.78, 5) is 0. The van der Waals surface area contributed by atoms with E-state index in [2.05, 4.69) is 105 Å². The molecule has 0 bridgehead atoms. The Morgan fingerprint density at radius 1 is 0.806 bits per heavy atom. The molecule has 0 heterocycles. The molecule has 4 heteroatoms. The van der Waals surface area contributed by atoms with Crippen LogP contribution in [0.4, 0.5) is 0 Å². The molecule has 0 saturated heterocycles. The van der Waals surface area contributed by atoms with E-state index in [1.165, 1.54) is 16.7 Å². The molecule has 0 amide bonds. The molecule has 31 heavy (non-hydrogen) atoms. The van der Waals surface area contributed by atoms with Crippen LogP contribution in [-0.2, 0) is 17.4 Å². The van der Waals surface area contributed by atoms with E-state index in [-0.39, 0.29) is 34.0 Å². The van der Waals surface area contributed by atoms with Crippen molar-refractivity contribution >= 4 is 46.9 Å². The fourth-order valence-corrected chi connectivity index (χ4v) is 28.2. The molecule has 0 fully saturated rings. The minimum atomic E-state index is -3.29. The van der Waals surface area contributed by atoms with Crippen LogP contribution in [0.2, 0.25) is 9.26 Å². The molecule has 0 N–H and O–H groups in total. The summed E-state index contributed by atoms with van der Waals surface area (Å²) in [5, 5.41) is 0. The summed E-state index contributed by atoms with van der Waals surface area (Å²) in [5.41, 5.74) is 12.0. The third kappa shape index (κ3) is 4.20. The summed E-state index contributed by atoms with van der Waals surface area (Å²) in [7, 11) is 0. The molecule has 166 valence electrons. The van der Waals surface area contributed by atoms with Crippen molar-refractivity contribution in [3.8, 4) is 11.1 Å². The summed E-state index contributed by atoms with van der Waals surface area (Å²) in [6.45, 7) is 14.3. The molecule has 0 nitrogen and oxygen atoms in total. The summed E-state index contributed by atoms with van der Waals surface area (Å²) in [5.74, 6) is 0.599. The first-order valence-corrected chi connectivity index (χ1v) is 24.3. The minimum absolute atomic E-state index is 0. The predicted molar refractivity (Wildman–Crippen MR) is 149 cm³/mol. The van der Waals surface area contributed by atoms with E-state index in [1.54, 1.807) is 27.9 Å². The molecule has 0 spiro atoms. The van der Waals surface area contributed by atoms with Crippen LogP contribution < -0.4 is 0 Å². The Morgan fingerprint density at radius 2 is 1.42 bits per heavy atom. The number of rotatable bonds is 3. The molecule has 0 aliphatic heterocycles. The Labute approximate surface area is 212 Å². The quantitative estimate of drug-likeness (QED) is 0.296. The molecule has 0 aromatic heterocycles. The number of benzene rings is 2. The van der Waals surface area contributed by atoms with Gasteiger partial charge >= 0.3 is 180 Å². The van der Waals surface area contributed by atoms with E-state index < -0.39 is 17.4 Å². The van der Waals surface area contributed by atoms with Crippen molar-refractivity contribution in [1.82, 2.24) is 0 Å². The summed E-state index contributed by atoms with van der Waals surface area (Å²) in [6.07, 6.45) is 2.50. The number of allylic oxidation sites excluding steroid dienone is 5. The maximum atomic E-state index is 2.70. The number of fused-ring (bicyclic) bond motifs is 1. The van der Waals surface area contributed by atoms with Crippen molar-refractivity contribution < 1.29 is 17.4 Å². The number of halogens is 2. The Morgan fingerprint density at radius 3 is 1.97 bits per heavy atom. The first-order chi connectivity index (χ1) is 13.5. The molecule has 2 aromatic rings. The number of hydrogen-bond acceptors (Lipinski definition) is 0. The molecular weight excluding hydrogens is 603 g/mol. The second-order valence-corrected chi connectivity index (χ2v) is 39.8. The molecule has 4 rings (SSSR count). The van der Waals surface area contributed by atoms with Gasteiger partial charge in [0.2, 0.25) is 0 Å². The van der Waals surface area contributed by atoms with Crippen LogP contribution in [0.15, 0.2) is 74.1 Å². The van der Waals surface area contributed by atoms with E-state index in [0.717, 1.165) is 0 Å². The molecule has 2 aromatic carbocycles. The monoisotopic (exact) mass is 636 g/mol. The van der Waals surface area contributed by atoms with Gasteiger partial charge in [0.25, 0.3) is 0 Å². The van der Waals surface area contributed by atoms with E-state index in [1.807, 2.05) is 3.28 Å². The van der Waals surface area contributed by atoms with Gasteiger partial charge in [-0.15, -0.1) is 34.0 Å². The van der Waals surface area contributed by atoms with Crippen molar-refractivity contribution in [3.05, 3.63) is 85.2 Å². The van der Waals surface area contributed by atoms with Gasteiger partial charge in [-0.2, -0.15) is 0 Å². The van der Waals surface area contributed by atoms with Crippen molar-refractivity contribution in [2.24, 2.45) is 5.92 Å². The third-order valence-corrected chi connectivity index (χ3v) is 25.3. The fraction of sp³-hybridized carbons (Fsp3) is 0.333. The van der Waals surface area contributed by atoms with E-state index in [0.29, 0.717) is 9.54 Å². The maximum absolute atomic E-state index is 3.29. The zero-order valence-electron chi connectivity index (χ0n) is 19.9. The summed E-state index contributed by atoms with van der Waals surface area (Å²) in [6, 6.07) is 17.9. The van der Waals surface area contributed by atoms with E-state index >= 15 is 0 Å². The van der Waals surface area contributed by atoms with Crippen LogP contribution in [0.1, 0.15) is 49.4 Å². The Bertz CT molecular complexity index is 1180. The van der Waals surface area contributed by atoms with Gasteiger partial charge < -0.3 is 0 Å². The van der Waals surface area contributed by atoms with Crippen molar-refractivity contribution in [2.75, 3.05) is 0 Å². The second-order valence-electron chi connectivity index (χ2n) is 10.4. The molecular formula is C27H36Br2SiZr. The van der Waals surface area contributed by atoms with Crippen LogP contribution in [-0.4, -0.2) is 6.88 Å². The average Bonchev–Trinajstić information content (AvgIpc) is 3.12. The first-order valence-electron chi connectivity index (χ1n) is 10.9. The van der Waals surface area contributed by atoms with E-state index in [9.17, 15) is 0 Å². The molecule has 2 unspecified atom stereocenters. The molecule has 2 atom stereocenters. The SMILES string of the molecule is Br.Br.CC1=Cc2c(-c3ccccc3)cccc2[CH]1[Zr]([CH3])([CH3])(=[SiH2])[C]1=C(C)C(C)=C(C)C1C. The van der Waals surface area contributed by atoms with Gasteiger partial charge in [0, 0.05) is 0 Å². The summed E-state index contributed by atoms with van der Waals surface area (Å²) < 4.78 is 7.83.